The van der Waals surface area contributed by atoms with Crippen LogP contribution in [0.5, 0.6) is 0 Å². The number of hydrogen-bond acceptors (Lipinski definition) is 6. The van der Waals surface area contributed by atoms with Crippen LogP contribution in [-0.4, -0.2) is 15.1 Å². The summed E-state index contributed by atoms with van der Waals surface area (Å²) < 4.78 is 10.7. The fraction of sp³-hybridized carbons (Fsp3) is 0.214. The molecule has 6 heteroatoms. The fourth-order valence-electron chi connectivity index (χ4n) is 1.96. The number of aryl methyl sites for hydroxylation is 1. The van der Waals surface area contributed by atoms with E-state index in [-0.39, 0.29) is 0 Å². The highest BCUT2D eigenvalue weighted by Crippen LogP contribution is 2.25. The van der Waals surface area contributed by atoms with Crippen LogP contribution < -0.4 is 5.73 Å². The molecule has 3 rings (SSSR count). The average molecular weight is 270 g/mol. The van der Waals surface area contributed by atoms with Crippen molar-refractivity contribution in [3.8, 4) is 23.0 Å². The summed E-state index contributed by atoms with van der Waals surface area (Å²) in [5.41, 5.74) is 7.50. The summed E-state index contributed by atoms with van der Waals surface area (Å²) in [4.78, 5) is 8.47. The molecule has 3 heterocycles. The summed E-state index contributed by atoms with van der Waals surface area (Å²) >= 11 is 0. The molecule has 2 N–H and O–H groups in total. The monoisotopic (exact) mass is 270 g/mol. The van der Waals surface area contributed by atoms with Gasteiger partial charge in [-0.1, -0.05) is 12.1 Å². The largest absolute Gasteiger partial charge is 0.455 e. The summed E-state index contributed by atoms with van der Waals surface area (Å²) in [5, 5.41) is 4.00. The van der Waals surface area contributed by atoms with Crippen LogP contribution >= 0.6 is 0 Å². The predicted octanol–water partition coefficient (Wildman–Crippen LogP) is 2.41. The Morgan fingerprint density at radius 1 is 1.25 bits per heavy atom. The smallest absolute Gasteiger partial charge is 0.293 e. The maximum absolute atomic E-state index is 5.51. The van der Waals surface area contributed by atoms with Gasteiger partial charge in [0, 0.05) is 18.0 Å². The highest BCUT2D eigenvalue weighted by atomic mass is 16.5. The summed E-state index contributed by atoms with van der Waals surface area (Å²) in [6, 6.07) is 5.44. The van der Waals surface area contributed by atoms with Gasteiger partial charge in [0.25, 0.3) is 5.89 Å². The average Bonchev–Trinajstić information content (AvgIpc) is 3.15. The zero-order valence-corrected chi connectivity index (χ0v) is 11.0. The molecule has 0 aromatic carbocycles. The Labute approximate surface area is 115 Å². The van der Waals surface area contributed by atoms with Gasteiger partial charge >= 0.3 is 0 Å². The molecule has 0 aliphatic heterocycles. The number of furan rings is 1. The minimum atomic E-state index is 0.339. The molecule has 102 valence electrons. The van der Waals surface area contributed by atoms with E-state index in [4.69, 9.17) is 14.7 Å². The van der Waals surface area contributed by atoms with Crippen LogP contribution in [0.25, 0.3) is 23.0 Å². The fourth-order valence-corrected chi connectivity index (χ4v) is 1.96. The first-order chi connectivity index (χ1) is 9.81. The number of nitrogens with zero attached hydrogens (tertiary/aromatic N) is 3. The molecule has 3 aromatic heterocycles. The third kappa shape index (κ3) is 2.21. The molecule has 0 unspecified atom stereocenters. The summed E-state index contributed by atoms with van der Waals surface area (Å²) in [6.45, 7) is 2.40. The SMILES string of the molecule is CCc1cnccc1-c1noc(-c2ccc(CN)o2)n1. The molecule has 0 saturated heterocycles. The second-order valence-electron chi connectivity index (χ2n) is 4.28. The van der Waals surface area contributed by atoms with E-state index in [1.54, 1.807) is 18.3 Å². The van der Waals surface area contributed by atoms with E-state index in [0.29, 0.717) is 29.8 Å². The highest BCUT2D eigenvalue weighted by molar-refractivity contribution is 5.60. The van der Waals surface area contributed by atoms with Crippen LogP contribution in [0.4, 0.5) is 0 Å². The van der Waals surface area contributed by atoms with Crippen LogP contribution in [0, 0.1) is 0 Å². The minimum Gasteiger partial charge on any atom is -0.455 e. The Balaban J connectivity index is 1.97. The Morgan fingerprint density at radius 3 is 2.90 bits per heavy atom. The molecule has 0 saturated carbocycles. The molecular formula is C14H14N4O2. The lowest BCUT2D eigenvalue weighted by molar-refractivity contribution is 0.412. The predicted molar refractivity (Wildman–Crippen MR) is 72.5 cm³/mol. The standard InChI is InChI=1S/C14H14N4O2/c1-2-9-8-16-6-5-11(9)13-17-14(20-18-13)12-4-3-10(7-15)19-12/h3-6,8H,2,7,15H2,1H3. The summed E-state index contributed by atoms with van der Waals surface area (Å²) in [7, 11) is 0. The van der Waals surface area contributed by atoms with E-state index in [2.05, 4.69) is 22.0 Å². The third-order valence-electron chi connectivity index (χ3n) is 3.03. The number of pyridine rings is 1. The molecule has 0 aliphatic rings. The second kappa shape index (κ2) is 5.26. The zero-order chi connectivity index (χ0) is 13.9. The quantitative estimate of drug-likeness (QED) is 0.782. The van der Waals surface area contributed by atoms with Gasteiger partial charge < -0.3 is 14.7 Å². The van der Waals surface area contributed by atoms with Gasteiger partial charge in [0.05, 0.1) is 6.54 Å². The van der Waals surface area contributed by atoms with Gasteiger partial charge in [-0.25, -0.2) is 0 Å². The molecule has 20 heavy (non-hydrogen) atoms. The van der Waals surface area contributed by atoms with Crippen molar-refractivity contribution in [1.82, 2.24) is 15.1 Å². The van der Waals surface area contributed by atoms with Gasteiger partial charge in [-0.2, -0.15) is 4.98 Å². The Morgan fingerprint density at radius 2 is 2.15 bits per heavy atom. The van der Waals surface area contributed by atoms with Crippen LogP contribution in [-0.2, 0) is 13.0 Å². The molecule has 0 atom stereocenters. The molecule has 3 aromatic rings. The highest BCUT2D eigenvalue weighted by Gasteiger charge is 2.15. The first-order valence-corrected chi connectivity index (χ1v) is 6.38. The van der Waals surface area contributed by atoms with Crippen molar-refractivity contribution in [2.24, 2.45) is 5.73 Å². The van der Waals surface area contributed by atoms with Gasteiger partial charge in [0.1, 0.15) is 5.76 Å². The van der Waals surface area contributed by atoms with Crippen LogP contribution in [0.1, 0.15) is 18.2 Å². The van der Waals surface area contributed by atoms with Crippen LogP contribution in [0.15, 0.2) is 39.5 Å². The van der Waals surface area contributed by atoms with Crippen molar-refractivity contribution in [1.29, 1.82) is 0 Å². The van der Waals surface area contributed by atoms with Crippen molar-refractivity contribution >= 4 is 0 Å². The van der Waals surface area contributed by atoms with E-state index >= 15 is 0 Å². The molecule has 0 aliphatic carbocycles. The van der Waals surface area contributed by atoms with Crippen molar-refractivity contribution in [3.63, 3.8) is 0 Å². The molecule has 0 amide bonds. The van der Waals surface area contributed by atoms with Crippen LogP contribution in [0.3, 0.4) is 0 Å². The van der Waals surface area contributed by atoms with Crippen molar-refractivity contribution < 1.29 is 8.94 Å². The lowest BCUT2D eigenvalue weighted by Crippen LogP contribution is -1.92. The summed E-state index contributed by atoms with van der Waals surface area (Å²) in [5.74, 6) is 2.08. The number of nitrogens with two attached hydrogens (primary N) is 1. The van der Waals surface area contributed by atoms with E-state index in [9.17, 15) is 0 Å². The second-order valence-corrected chi connectivity index (χ2v) is 4.28. The topological polar surface area (TPSA) is 91.0 Å². The molecule has 0 fully saturated rings. The normalized spacial score (nSPS) is 10.9. The molecular weight excluding hydrogens is 256 g/mol. The van der Waals surface area contributed by atoms with Gasteiger partial charge in [-0.05, 0) is 30.2 Å². The van der Waals surface area contributed by atoms with E-state index in [1.807, 2.05) is 12.3 Å². The molecule has 0 spiro atoms. The first kappa shape index (κ1) is 12.6. The van der Waals surface area contributed by atoms with E-state index in [0.717, 1.165) is 17.5 Å². The third-order valence-corrected chi connectivity index (χ3v) is 3.03. The van der Waals surface area contributed by atoms with E-state index in [1.165, 1.54) is 0 Å². The maximum atomic E-state index is 5.51. The molecule has 0 radical (unpaired) electrons. The Bertz CT molecular complexity index is 717. The lowest BCUT2D eigenvalue weighted by Gasteiger charge is -2.00. The van der Waals surface area contributed by atoms with Crippen molar-refractivity contribution in [3.05, 3.63) is 41.9 Å². The number of aromatic nitrogens is 3. The van der Waals surface area contributed by atoms with Gasteiger partial charge in [-0.15, -0.1) is 0 Å². The molecule has 0 bridgehead atoms. The van der Waals surface area contributed by atoms with Gasteiger partial charge in [0.2, 0.25) is 5.82 Å². The Kier molecular flexibility index (Phi) is 3.30. The summed E-state index contributed by atoms with van der Waals surface area (Å²) in [6.07, 6.45) is 4.37. The van der Waals surface area contributed by atoms with Crippen molar-refractivity contribution in [2.45, 2.75) is 19.9 Å². The van der Waals surface area contributed by atoms with Gasteiger partial charge in [0.15, 0.2) is 5.76 Å². The maximum Gasteiger partial charge on any atom is 0.293 e. The van der Waals surface area contributed by atoms with E-state index < -0.39 is 0 Å². The Hall–Kier alpha value is -2.47. The first-order valence-electron chi connectivity index (χ1n) is 6.38. The number of hydrogen-bond donors (Lipinski definition) is 1. The molecule has 6 nitrogen and oxygen atoms in total. The lowest BCUT2D eigenvalue weighted by atomic mass is 10.1. The van der Waals surface area contributed by atoms with Gasteiger partial charge in [-0.3, -0.25) is 4.98 Å². The van der Waals surface area contributed by atoms with Crippen molar-refractivity contribution in [2.75, 3.05) is 0 Å². The van der Waals surface area contributed by atoms with Crippen LogP contribution in [0.2, 0.25) is 0 Å². The zero-order valence-electron chi connectivity index (χ0n) is 11.0. The number of rotatable bonds is 4. The minimum absolute atomic E-state index is 0.339.